The van der Waals surface area contributed by atoms with E-state index in [2.05, 4.69) is 61.5 Å². The van der Waals surface area contributed by atoms with Gasteiger partial charge in [0.1, 0.15) is 6.10 Å². The molecule has 0 bridgehead atoms. The molecule has 0 unspecified atom stereocenters. The van der Waals surface area contributed by atoms with Crippen LogP contribution < -0.4 is 0 Å². The molecule has 0 spiro atoms. The molecule has 6 rings (SSSR count). The van der Waals surface area contributed by atoms with Crippen LogP contribution in [0.2, 0.25) is 0 Å². The number of fused-ring (bicyclic) bond motifs is 7. The molecular formula is C37H54O2. The number of rotatable bonds is 2. The highest BCUT2D eigenvalue weighted by Crippen LogP contribution is 2.75. The van der Waals surface area contributed by atoms with Crippen LogP contribution in [0, 0.1) is 56.7 Å². The fourth-order valence-electron chi connectivity index (χ4n) is 11.8. The number of hydrogen-bond donors (Lipinski definition) is 0. The highest BCUT2D eigenvalue weighted by molar-refractivity contribution is 5.89. The quantitative estimate of drug-likeness (QED) is 0.281. The van der Waals surface area contributed by atoms with Crippen molar-refractivity contribution >= 4 is 5.97 Å². The Balaban J connectivity index is 1.31. The summed E-state index contributed by atoms with van der Waals surface area (Å²) < 4.78 is 6.29. The van der Waals surface area contributed by atoms with E-state index in [-0.39, 0.29) is 22.9 Å². The topological polar surface area (TPSA) is 26.3 Å². The van der Waals surface area contributed by atoms with Crippen LogP contribution in [0.5, 0.6) is 0 Å². The molecule has 1 aromatic carbocycles. The number of esters is 1. The van der Waals surface area contributed by atoms with Gasteiger partial charge in [-0.2, -0.15) is 0 Å². The summed E-state index contributed by atoms with van der Waals surface area (Å²) in [4.78, 5) is 13.1. The maximum absolute atomic E-state index is 13.1. The van der Waals surface area contributed by atoms with Crippen molar-refractivity contribution in [2.24, 2.45) is 56.7 Å². The lowest BCUT2D eigenvalue weighted by atomic mass is 9.33. The van der Waals surface area contributed by atoms with Gasteiger partial charge >= 0.3 is 5.97 Å². The molecule has 1 aromatic rings. The maximum atomic E-state index is 13.1. The molecule has 5 aliphatic carbocycles. The summed E-state index contributed by atoms with van der Waals surface area (Å²) in [6.45, 7) is 20.6. The second-order valence-corrected chi connectivity index (χ2v) is 16.4. The summed E-state index contributed by atoms with van der Waals surface area (Å²) in [5.74, 6) is 3.49. The van der Waals surface area contributed by atoms with Crippen LogP contribution >= 0.6 is 0 Å². The smallest absolute Gasteiger partial charge is 0.338 e. The van der Waals surface area contributed by atoms with E-state index in [9.17, 15) is 4.79 Å². The summed E-state index contributed by atoms with van der Waals surface area (Å²) in [5, 5.41) is 0. The van der Waals surface area contributed by atoms with Crippen molar-refractivity contribution in [1.29, 1.82) is 0 Å². The molecule has 0 N–H and O–H groups in total. The van der Waals surface area contributed by atoms with Crippen LogP contribution in [0.4, 0.5) is 0 Å². The first-order valence-corrected chi connectivity index (χ1v) is 16.2. The predicted octanol–water partition coefficient (Wildman–Crippen LogP) is 9.89. The highest BCUT2D eigenvalue weighted by atomic mass is 16.5. The Morgan fingerprint density at radius 3 is 2.26 bits per heavy atom. The average Bonchev–Trinajstić information content (AvgIpc) is 2.89. The Morgan fingerprint density at radius 2 is 1.54 bits per heavy atom. The molecular weight excluding hydrogens is 476 g/mol. The molecule has 39 heavy (non-hydrogen) atoms. The third-order valence-electron chi connectivity index (χ3n) is 14.6. The summed E-state index contributed by atoms with van der Waals surface area (Å²) in [5.41, 5.74) is 3.93. The Bertz CT molecular complexity index is 1150. The van der Waals surface area contributed by atoms with E-state index in [0.717, 1.165) is 24.2 Å². The third-order valence-corrected chi connectivity index (χ3v) is 14.6. The largest absolute Gasteiger partial charge is 0.458 e. The monoisotopic (exact) mass is 530 g/mol. The van der Waals surface area contributed by atoms with Gasteiger partial charge in [0.25, 0.3) is 0 Å². The van der Waals surface area contributed by atoms with Gasteiger partial charge in [0, 0.05) is 5.41 Å². The number of carbonyl (C=O) groups excluding carboxylic acids is 1. The number of allylic oxidation sites excluding steroid dienone is 2. The first-order valence-electron chi connectivity index (χ1n) is 16.2. The Morgan fingerprint density at radius 1 is 0.821 bits per heavy atom. The minimum atomic E-state index is -0.156. The van der Waals surface area contributed by atoms with Crippen molar-refractivity contribution in [1.82, 2.24) is 0 Å². The van der Waals surface area contributed by atoms with E-state index in [1.54, 1.807) is 0 Å². The van der Waals surface area contributed by atoms with Gasteiger partial charge in [0.2, 0.25) is 0 Å². The van der Waals surface area contributed by atoms with Crippen LogP contribution in [0.15, 0.2) is 42.0 Å². The van der Waals surface area contributed by atoms with Crippen molar-refractivity contribution in [2.75, 3.05) is 0 Å². The van der Waals surface area contributed by atoms with Crippen LogP contribution in [0.1, 0.15) is 124 Å². The molecule has 0 saturated heterocycles. The van der Waals surface area contributed by atoms with Crippen molar-refractivity contribution in [3.05, 3.63) is 47.5 Å². The van der Waals surface area contributed by atoms with Crippen LogP contribution in [-0.4, -0.2) is 12.1 Å². The van der Waals surface area contributed by atoms with Gasteiger partial charge in [0.05, 0.1) is 5.56 Å². The zero-order valence-electron chi connectivity index (χ0n) is 26.1. The molecule has 0 heterocycles. The Labute approximate surface area is 238 Å². The van der Waals surface area contributed by atoms with E-state index in [1.807, 2.05) is 35.9 Å². The lowest BCUT2D eigenvalue weighted by Gasteiger charge is -2.71. The molecule has 2 heteroatoms. The van der Waals surface area contributed by atoms with Crippen LogP contribution in [-0.2, 0) is 4.74 Å². The number of ether oxygens (including phenoxy) is 1. The normalized spacial score (nSPS) is 48.5. The second-order valence-electron chi connectivity index (χ2n) is 16.4. The van der Waals surface area contributed by atoms with Crippen molar-refractivity contribution in [3.63, 3.8) is 0 Å². The number of hydrogen-bond acceptors (Lipinski definition) is 2. The predicted molar refractivity (Wildman–Crippen MR) is 160 cm³/mol. The van der Waals surface area contributed by atoms with Crippen LogP contribution in [0.25, 0.3) is 0 Å². The molecule has 214 valence electrons. The van der Waals surface area contributed by atoms with E-state index < -0.39 is 0 Å². The fourth-order valence-corrected chi connectivity index (χ4v) is 11.8. The second kappa shape index (κ2) is 8.96. The zero-order chi connectivity index (χ0) is 28.0. The van der Waals surface area contributed by atoms with Crippen molar-refractivity contribution in [3.8, 4) is 0 Å². The van der Waals surface area contributed by atoms with E-state index in [1.165, 1.54) is 51.4 Å². The van der Waals surface area contributed by atoms with E-state index in [4.69, 9.17) is 4.74 Å². The third kappa shape index (κ3) is 3.74. The zero-order valence-corrected chi connectivity index (χ0v) is 26.1. The van der Waals surface area contributed by atoms with Gasteiger partial charge in [-0.25, -0.2) is 4.79 Å². The maximum Gasteiger partial charge on any atom is 0.338 e. The summed E-state index contributed by atoms with van der Waals surface area (Å²) in [7, 11) is 0. The Kier molecular flexibility index (Phi) is 6.34. The number of benzene rings is 1. The molecule has 4 fully saturated rings. The summed E-state index contributed by atoms with van der Waals surface area (Å²) >= 11 is 0. The molecule has 0 radical (unpaired) electrons. The molecule has 10 atom stereocenters. The first kappa shape index (κ1) is 27.6. The van der Waals surface area contributed by atoms with Gasteiger partial charge in [0.15, 0.2) is 0 Å². The SMILES string of the molecule is C[C@H]1[C@H](C)CC[C@]2(C)CC[C@]3(C)C(=CC[C@@H]4[C@]5(C)CC[C@H](OC(=O)c6ccccc6)C(C)(C)[C@@H]5CC[C@@]43C)[C@@H]12. The van der Waals surface area contributed by atoms with E-state index >= 15 is 0 Å². The lowest BCUT2D eigenvalue weighted by Crippen LogP contribution is -2.65. The average molecular weight is 531 g/mol. The minimum Gasteiger partial charge on any atom is -0.458 e. The molecule has 0 amide bonds. The first-order chi connectivity index (χ1) is 18.3. The van der Waals surface area contributed by atoms with Crippen molar-refractivity contribution in [2.45, 2.75) is 119 Å². The van der Waals surface area contributed by atoms with Gasteiger partial charge in [-0.05, 0) is 121 Å². The van der Waals surface area contributed by atoms with Gasteiger partial charge < -0.3 is 4.74 Å². The van der Waals surface area contributed by atoms with Gasteiger partial charge in [-0.1, -0.05) is 85.2 Å². The standard InChI is InChI=1S/C37H54O2/c1-24-16-19-34(5)22-23-36(7)27(31(34)25(24)2)14-15-29-35(6)20-18-30(39-32(38)26-12-10-9-11-13-26)33(3,4)28(35)17-21-37(29,36)8/h9-14,24-25,28-31H,15-23H2,1-8H3/t24-,25+,28+,29-,30+,31-,34-,35-,36-,37+/m1/s1. The fraction of sp³-hybridized carbons (Fsp3) is 0.757. The van der Waals surface area contributed by atoms with Gasteiger partial charge in [-0.3, -0.25) is 0 Å². The Hall–Kier alpha value is -1.57. The molecule has 2 nitrogen and oxygen atoms in total. The molecule has 0 aliphatic heterocycles. The number of carbonyl (C=O) groups is 1. The summed E-state index contributed by atoms with van der Waals surface area (Å²) in [6, 6.07) is 9.57. The van der Waals surface area contributed by atoms with E-state index in [0.29, 0.717) is 33.6 Å². The van der Waals surface area contributed by atoms with Gasteiger partial charge in [-0.15, -0.1) is 0 Å². The molecule has 5 aliphatic rings. The van der Waals surface area contributed by atoms with Crippen LogP contribution in [0.3, 0.4) is 0 Å². The summed E-state index contributed by atoms with van der Waals surface area (Å²) in [6.07, 6.45) is 14.3. The molecule has 0 aromatic heterocycles. The van der Waals surface area contributed by atoms with Crippen molar-refractivity contribution < 1.29 is 9.53 Å². The minimum absolute atomic E-state index is 0.0159. The molecule has 4 saturated carbocycles. The lowest BCUT2D eigenvalue weighted by molar-refractivity contribution is -0.204. The highest BCUT2D eigenvalue weighted by Gasteiger charge is 2.68.